The summed E-state index contributed by atoms with van der Waals surface area (Å²) in [7, 11) is 0. The summed E-state index contributed by atoms with van der Waals surface area (Å²) in [5.41, 5.74) is 1.87. The Morgan fingerprint density at radius 3 is 2.53 bits per heavy atom. The third-order valence-electron chi connectivity index (χ3n) is 2.06. The molecule has 0 unspecified atom stereocenters. The lowest BCUT2D eigenvalue weighted by Crippen LogP contribution is -2.31. The van der Waals surface area contributed by atoms with Crippen LogP contribution in [0.1, 0.15) is 19.4 Å². The Balaban J connectivity index is 2.91. The SMILES string of the molecule is Cc1c(Br)cccc1NC(=O)C(C)(C)Br. The largest absolute Gasteiger partial charge is 0.325 e. The lowest BCUT2D eigenvalue weighted by Gasteiger charge is -2.17. The van der Waals surface area contributed by atoms with Crippen molar-refractivity contribution in [1.29, 1.82) is 0 Å². The predicted octanol–water partition coefficient (Wildman–Crippen LogP) is 3.87. The number of hydrogen-bond donors (Lipinski definition) is 1. The highest BCUT2D eigenvalue weighted by Crippen LogP contribution is 2.25. The molecule has 0 aliphatic heterocycles. The van der Waals surface area contributed by atoms with Gasteiger partial charge < -0.3 is 5.32 Å². The Bertz CT molecular complexity index is 383. The first-order valence-corrected chi connectivity index (χ1v) is 6.16. The molecule has 0 aromatic heterocycles. The minimum atomic E-state index is -0.554. The second-order valence-electron chi connectivity index (χ2n) is 3.84. The van der Waals surface area contributed by atoms with Crippen molar-refractivity contribution >= 4 is 43.5 Å². The van der Waals surface area contributed by atoms with Crippen LogP contribution < -0.4 is 5.32 Å². The van der Waals surface area contributed by atoms with Crippen molar-refractivity contribution in [2.24, 2.45) is 0 Å². The molecule has 15 heavy (non-hydrogen) atoms. The Hall–Kier alpha value is -0.350. The first kappa shape index (κ1) is 12.7. The van der Waals surface area contributed by atoms with E-state index in [-0.39, 0.29) is 5.91 Å². The average Bonchev–Trinajstić information content (AvgIpc) is 2.11. The van der Waals surface area contributed by atoms with E-state index in [1.807, 2.05) is 39.0 Å². The van der Waals surface area contributed by atoms with E-state index in [0.717, 1.165) is 15.7 Å². The van der Waals surface area contributed by atoms with E-state index in [1.54, 1.807) is 0 Å². The zero-order valence-electron chi connectivity index (χ0n) is 8.90. The third kappa shape index (κ3) is 3.31. The topological polar surface area (TPSA) is 29.1 Å². The number of hydrogen-bond acceptors (Lipinski definition) is 1. The summed E-state index contributed by atoms with van der Waals surface area (Å²) in [6.45, 7) is 5.59. The van der Waals surface area contributed by atoms with Gasteiger partial charge in [-0.05, 0) is 38.5 Å². The van der Waals surface area contributed by atoms with E-state index < -0.39 is 4.32 Å². The zero-order valence-corrected chi connectivity index (χ0v) is 12.1. The smallest absolute Gasteiger partial charge is 0.240 e. The first-order valence-electron chi connectivity index (χ1n) is 4.58. The summed E-state index contributed by atoms with van der Waals surface area (Å²) in [5.74, 6) is -0.0521. The van der Waals surface area contributed by atoms with Gasteiger partial charge in [-0.2, -0.15) is 0 Å². The minimum Gasteiger partial charge on any atom is -0.325 e. The molecule has 0 spiro atoms. The number of carbonyl (C=O) groups excluding carboxylic acids is 1. The molecule has 0 fully saturated rings. The van der Waals surface area contributed by atoms with E-state index >= 15 is 0 Å². The van der Waals surface area contributed by atoms with Gasteiger partial charge in [0.25, 0.3) is 0 Å². The minimum absolute atomic E-state index is 0.0521. The predicted molar refractivity (Wildman–Crippen MR) is 70.5 cm³/mol. The summed E-state index contributed by atoms with van der Waals surface area (Å²) in [6, 6.07) is 5.73. The maximum Gasteiger partial charge on any atom is 0.240 e. The number of amides is 1. The van der Waals surface area contributed by atoms with E-state index in [2.05, 4.69) is 37.2 Å². The molecule has 1 aromatic carbocycles. The molecule has 1 N–H and O–H groups in total. The summed E-state index contributed by atoms with van der Waals surface area (Å²) in [5, 5.41) is 2.88. The fourth-order valence-electron chi connectivity index (χ4n) is 1.01. The van der Waals surface area contributed by atoms with Crippen LogP contribution >= 0.6 is 31.9 Å². The van der Waals surface area contributed by atoms with Gasteiger partial charge in [-0.3, -0.25) is 4.79 Å². The zero-order chi connectivity index (χ0) is 11.6. The molecule has 1 amide bonds. The van der Waals surface area contributed by atoms with Crippen molar-refractivity contribution in [2.75, 3.05) is 5.32 Å². The van der Waals surface area contributed by atoms with E-state index in [0.29, 0.717) is 0 Å². The molecule has 0 saturated heterocycles. The molecule has 4 heteroatoms. The Morgan fingerprint density at radius 1 is 1.40 bits per heavy atom. The lowest BCUT2D eigenvalue weighted by molar-refractivity contribution is -0.117. The average molecular weight is 335 g/mol. The van der Waals surface area contributed by atoms with Gasteiger partial charge in [0.05, 0.1) is 4.32 Å². The van der Waals surface area contributed by atoms with Crippen LogP contribution in [0.3, 0.4) is 0 Å². The van der Waals surface area contributed by atoms with Crippen LogP contribution in [0.2, 0.25) is 0 Å². The van der Waals surface area contributed by atoms with Gasteiger partial charge in [-0.25, -0.2) is 0 Å². The standard InChI is InChI=1S/C11H13Br2NO/c1-7-8(12)5-4-6-9(7)14-10(15)11(2,3)13/h4-6H,1-3H3,(H,14,15). The first-order chi connectivity index (χ1) is 6.82. The molecular formula is C11H13Br2NO. The van der Waals surface area contributed by atoms with E-state index in [4.69, 9.17) is 0 Å². The van der Waals surface area contributed by atoms with Gasteiger partial charge in [-0.15, -0.1) is 0 Å². The Kier molecular flexibility index (Phi) is 3.95. The van der Waals surface area contributed by atoms with Gasteiger partial charge in [0.1, 0.15) is 0 Å². The summed E-state index contributed by atoms with van der Waals surface area (Å²) >= 11 is 6.74. The van der Waals surface area contributed by atoms with Crippen LogP contribution in [0.5, 0.6) is 0 Å². The molecule has 1 aromatic rings. The van der Waals surface area contributed by atoms with Crippen molar-refractivity contribution in [3.05, 3.63) is 28.2 Å². The molecule has 2 nitrogen and oxygen atoms in total. The molecular weight excluding hydrogens is 322 g/mol. The van der Waals surface area contributed by atoms with Gasteiger partial charge in [0, 0.05) is 10.2 Å². The summed E-state index contributed by atoms with van der Waals surface area (Å²) in [4.78, 5) is 11.7. The van der Waals surface area contributed by atoms with Crippen LogP contribution in [0.4, 0.5) is 5.69 Å². The van der Waals surface area contributed by atoms with Crippen LogP contribution in [0.25, 0.3) is 0 Å². The highest BCUT2D eigenvalue weighted by Gasteiger charge is 2.23. The normalized spacial score (nSPS) is 11.3. The van der Waals surface area contributed by atoms with Crippen LogP contribution in [-0.2, 0) is 4.79 Å². The van der Waals surface area contributed by atoms with Gasteiger partial charge >= 0.3 is 0 Å². The maximum absolute atomic E-state index is 11.7. The number of alkyl halides is 1. The fraction of sp³-hybridized carbons (Fsp3) is 0.364. The monoisotopic (exact) mass is 333 g/mol. The molecule has 0 heterocycles. The molecule has 0 saturated carbocycles. The third-order valence-corrected chi connectivity index (χ3v) is 3.28. The second kappa shape index (κ2) is 4.66. The van der Waals surface area contributed by atoms with Gasteiger partial charge in [0.15, 0.2) is 0 Å². The van der Waals surface area contributed by atoms with Crippen LogP contribution in [-0.4, -0.2) is 10.2 Å². The highest BCUT2D eigenvalue weighted by atomic mass is 79.9. The van der Waals surface area contributed by atoms with Crippen molar-refractivity contribution < 1.29 is 4.79 Å². The van der Waals surface area contributed by atoms with Crippen molar-refractivity contribution in [3.63, 3.8) is 0 Å². The maximum atomic E-state index is 11.7. The quantitative estimate of drug-likeness (QED) is 0.817. The molecule has 0 atom stereocenters. The van der Waals surface area contributed by atoms with Crippen molar-refractivity contribution in [3.8, 4) is 0 Å². The van der Waals surface area contributed by atoms with Crippen molar-refractivity contribution in [1.82, 2.24) is 0 Å². The molecule has 0 aliphatic carbocycles. The van der Waals surface area contributed by atoms with Gasteiger partial charge in [-0.1, -0.05) is 37.9 Å². The Morgan fingerprint density at radius 2 is 2.00 bits per heavy atom. The lowest BCUT2D eigenvalue weighted by atomic mass is 10.1. The van der Waals surface area contributed by atoms with Gasteiger partial charge in [0.2, 0.25) is 5.91 Å². The molecule has 0 aliphatic rings. The number of rotatable bonds is 2. The number of halogens is 2. The number of anilines is 1. The molecule has 82 valence electrons. The van der Waals surface area contributed by atoms with Crippen LogP contribution in [0.15, 0.2) is 22.7 Å². The number of carbonyl (C=O) groups is 1. The second-order valence-corrected chi connectivity index (χ2v) is 6.68. The number of nitrogens with one attached hydrogen (secondary N) is 1. The molecule has 0 radical (unpaired) electrons. The molecule has 1 rings (SSSR count). The Labute approximate surface area is 107 Å². The van der Waals surface area contributed by atoms with E-state index in [9.17, 15) is 4.79 Å². The van der Waals surface area contributed by atoms with E-state index in [1.165, 1.54) is 0 Å². The number of benzene rings is 1. The van der Waals surface area contributed by atoms with Crippen LogP contribution in [0, 0.1) is 6.92 Å². The summed E-state index contributed by atoms with van der Waals surface area (Å²) in [6.07, 6.45) is 0. The van der Waals surface area contributed by atoms with Crippen molar-refractivity contribution in [2.45, 2.75) is 25.1 Å². The molecule has 0 bridgehead atoms. The summed E-state index contributed by atoms with van der Waals surface area (Å²) < 4.78 is 0.439. The highest BCUT2D eigenvalue weighted by molar-refractivity contribution is 9.10. The fourth-order valence-corrected chi connectivity index (χ4v) is 1.48.